The van der Waals surface area contributed by atoms with Gasteiger partial charge in [-0.3, -0.25) is 14.8 Å². The van der Waals surface area contributed by atoms with Gasteiger partial charge in [-0.1, -0.05) is 19.9 Å². The molecule has 3 rings (SSSR count). The van der Waals surface area contributed by atoms with Crippen LogP contribution in [-0.2, 0) is 0 Å². The van der Waals surface area contributed by atoms with E-state index >= 15 is 0 Å². The number of hydrogen-bond donors (Lipinski definition) is 2. The Morgan fingerprint density at radius 1 is 1.03 bits per heavy atom. The molecule has 6 nitrogen and oxygen atoms in total. The largest absolute Gasteiger partial charge is 0.355 e. The summed E-state index contributed by atoms with van der Waals surface area (Å²) in [7, 11) is 4.10. The molecule has 2 aliphatic rings. The molecule has 2 atom stereocenters. The summed E-state index contributed by atoms with van der Waals surface area (Å²) in [4.78, 5) is 13.6. The highest BCUT2D eigenvalue weighted by Gasteiger charge is 2.26. The Kier molecular flexibility index (Phi) is 8.78. The Morgan fingerprint density at radius 2 is 1.72 bits per heavy atom. The Bertz CT molecular complexity index is 603. The van der Waals surface area contributed by atoms with Crippen LogP contribution in [0.25, 0.3) is 0 Å². The van der Waals surface area contributed by atoms with Gasteiger partial charge in [0.1, 0.15) is 0 Å². The summed E-state index contributed by atoms with van der Waals surface area (Å²) in [6.45, 7) is 13.6. The first-order valence-electron chi connectivity index (χ1n) is 11.2. The summed E-state index contributed by atoms with van der Waals surface area (Å²) in [5.74, 6) is 1.54. The highest BCUT2D eigenvalue weighted by Crippen LogP contribution is 2.27. The first-order valence-corrected chi connectivity index (χ1v) is 12.1. The average Bonchev–Trinajstić information content (AvgIpc) is 3.42. The maximum Gasteiger partial charge on any atom is 0.191 e. The molecule has 3 heterocycles. The number of guanidine groups is 1. The zero-order valence-corrected chi connectivity index (χ0v) is 19.5. The monoisotopic (exact) mass is 420 g/mol. The van der Waals surface area contributed by atoms with Gasteiger partial charge in [0.15, 0.2) is 5.96 Å². The van der Waals surface area contributed by atoms with Crippen molar-refractivity contribution in [2.24, 2.45) is 10.9 Å². The van der Waals surface area contributed by atoms with E-state index in [-0.39, 0.29) is 0 Å². The molecule has 2 aliphatic heterocycles. The SMILES string of the molecule is CN=C(NCC(c1cccs1)N1CCCC1)NCC(C(C)C)N1CCN(C)CC1. The molecule has 7 heteroatoms. The molecule has 1 aromatic heterocycles. The van der Waals surface area contributed by atoms with Gasteiger partial charge >= 0.3 is 0 Å². The van der Waals surface area contributed by atoms with Gasteiger partial charge < -0.3 is 15.5 Å². The van der Waals surface area contributed by atoms with Gasteiger partial charge in [-0.2, -0.15) is 0 Å². The lowest BCUT2D eigenvalue weighted by Crippen LogP contribution is -2.55. The van der Waals surface area contributed by atoms with Gasteiger partial charge in [-0.15, -0.1) is 11.3 Å². The van der Waals surface area contributed by atoms with Crippen molar-refractivity contribution in [3.05, 3.63) is 22.4 Å². The number of piperazine rings is 1. The molecule has 2 N–H and O–H groups in total. The minimum Gasteiger partial charge on any atom is -0.355 e. The van der Waals surface area contributed by atoms with Gasteiger partial charge in [0.25, 0.3) is 0 Å². The van der Waals surface area contributed by atoms with Crippen molar-refractivity contribution >= 4 is 17.3 Å². The van der Waals surface area contributed by atoms with E-state index in [1.807, 2.05) is 18.4 Å². The van der Waals surface area contributed by atoms with Gasteiger partial charge in [0, 0.05) is 57.2 Å². The van der Waals surface area contributed by atoms with E-state index in [0.717, 1.165) is 45.2 Å². The number of thiophene rings is 1. The fraction of sp³-hybridized carbons (Fsp3) is 0.773. The summed E-state index contributed by atoms with van der Waals surface area (Å²) < 4.78 is 0. The fourth-order valence-electron chi connectivity index (χ4n) is 4.50. The first-order chi connectivity index (χ1) is 14.1. The van der Waals surface area contributed by atoms with Crippen LogP contribution in [-0.4, -0.2) is 93.2 Å². The Balaban J connectivity index is 1.53. The summed E-state index contributed by atoms with van der Waals surface area (Å²) >= 11 is 1.87. The molecule has 0 amide bonds. The normalized spacial score (nSPS) is 22.2. The number of aliphatic imine (C=N–C) groups is 1. The van der Waals surface area contributed by atoms with E-state index in [1.165, 1.54) is 30.8 Å². The highest BCUT2D eigenvalue weighted by molar-refractivity contribution is 7.10. The molecule has 0 aromatic carbocycles. The van der Waals surface area contributed by atoms with Gasteiger partial charge in [0.2, 0.25) is 0 Å². The van der Waals surface area contributed by atoms with Crippen molar-refractivity contribution in [1.29, 1.82) is 0 Å². The van der Waals surface area contributed by atoms with E-state index in [9.17, 15) is 0 Å². The zero-order valence-electron chi connectivity index (χ0n) is 18.7. The molecule has 164 valence electrons. The maximum absolute atomic E-state index is 4.51. The third kappa shape index (κ3) is 6.41. The number of likely N-dealkylation sites (tertiary alicyclic amines) is 1. The lowest BCUT2D eigenvalue weighted by atomic mass is 10.0. The van der Waals surface area contributed by atoms with Crippen LogP contribution in [0.2, 0.25) is 0 Å². The average molecular weight is 421 g/mol. The van der Waals surface area contributed by atoms with Crippen molar-refractivity contribution in [2.75, 3.05) is 66.5 Å². The second-order valence-electron chi connectivity index (χ2n) is 8.76. The van der Waals surface area contributed by atoms with Crippen LogP contribution in [0, 0.1) is 5.92 Å². The molecule has 0 bridgehead atoms. The lowest BCUT2D eigenvalue weighted by molar-refractivity contribution is 0.0899. The molecule has 0 saturated carbocycles. The van der Waals surface area contributed by atoms with Crippen LogP contribution < -0.4 is 10.6 Å². The van der Waals surface area contributed by atoms with Gasteiger partial charge in [-0.05, 0) is 50.3 Å². The van der Waals surface area contributed by atoms with Crippen molar-refractivity contribution in [3.63, 3.8) is 0 Å². The molecule has 2 saturated heterocycles. The second kappa shape index (κ2) is 11.3. The molecule has 2 fully saturated rings. The summed E-state index contributed by atoms with van der Waals surface area (Å²) in [6.07, 6.45) is 2.63. The van der Waals surface area contributed by atoms with Crippen molar-refractivity contribution < 1.29 is 0 Å². The van der Waals surface area contributed by atoms with Crippen LogP contribution in [0.3, 0.4) is 0 Å². The first kappa shape index (κ1) is 22.5. The number of rotatable bonds is 8. The van der Waals surface area contributed by atoms with Crippen LogP contribution in [0.15, 0.2) is 22.5 Å². The highest BCUT2D eigenvalue weighted by atomic mass is 32.1. The number of nitrogens with zero attached hydrogens (tertiary/aromatic N) is 4. The van der Waals surface area contributed by atoms with E-state index in [0.29, 0.717) is 18.0 Å². The van der Waals surface area contributed by atoms with Gasteiger partial charge in [-0.25, -0.2) is 0 Å². The smallest absolute Gasteiger partial charge is 0.191 e. The number of likely N-dealkylation sites (N-methyl/N-ethyl adjacent to an activating group) is 1. The maximum atomic E-state index is 4.51. The summed E-state index contributed by atoms with van der Waals surface area (Å²) in [6, 6.07) is 5.41. The number of hydrogen-bond acceptors (Lipinski definition) is 5. The van der Waals surface area contributed by atoms with Crippen LogP contribution in [0.5, 0.6) is 0 Å². The van der Waals surface area contributed by atoms with E-state index in [4.69, 9.17) is 0 Å². The van der Waals surface area contributed by atoms with Gasteiger partial charge in [0.05, 0.1) is 6.04 Å². The van der Waals surface area contributed by atoms with E-state index in [1.54, 1.807) is 0 Å². The summed E-state index contributed by atoms with van der Waals surface area (Å²) in [5, 5.41) is 9.42. The Morgan fingerprint density at radius 3 is 2.31 bits per heavy atom. The third-order valence-electron chi connectivity index (χ3n) is 6.39. The molecule has 1 aromatic rings. The fourth-order valence-corrected chi connectivity index (χ4v) is 5.36. The number of nitrogens with one attached hydrogen (secondary N) is 2. The molecule has 0 aliphatic carbocycles. The van der Waals surface area contributed by atoms with Crippen molar-refractivity contribution in [3.8, 4) is 0 Å². The molecular weight excluding hydrogens is 380 g/mol. The van der Waals surface area contributed by atoms with Crippen molar-refractivity contribution in [2.45, 2.75) is 38.8 Å². The van der Waals surface area contributed by atoms with Crippen LogP contribution >= 0.6 is 11.3 Å². The Labute approximate surface area is 181 Å². The van der Waals surface area contributed by atoms with Crippen LogP contribution in [0.4, 0.5) is 0 Å². The zero-order chi connectivity index (χ0) is 20.6. The second-order valence-corrected chi connectivity index (χ2v) is 9.74. The molecule has 29 heavy (non-hydrogen) atoms. The lowest BCUT2D eigenvalue weighted by Gasteiger charge is -2.40. The van der Waals surface area contributed by atoms with E-state index < -0.39 is 0 Å². The predicted molar refractivity (Wildman–Crippen MR) is 125 cm³/mol. The van der Waals surface area contributed by atoms with Crippen LogP contribution in [0.1, 0.15) is 37.6 Å². The van der Waals surface area contributed by atoms with Crippen molar-refractivity contribution in [1.82, 2.24) is 25.3 Å². The van der Waals surface area contributed by atoms with E-state index in [2.05, 4.69) is 68.7 Å². The quantitative estimate of drug-likeness (QED) is 0.499. The Hall–Kier alpha value is -1.15. The molecule has 0 radical (unpaired) electrons. The minimum absolute atomic E-state index is 0.439. The standard InChI is InChI=1S/C22H40N6S/c1-18(2)19(28-13-11-26(4)12-14-28)16-24-22(23-3)25-17-20(21-8-7-15-29-21)27-9-5-6-10-27/h7-8,15,18-20H,5-6,9-14,16-17H2,1-4H3,(H2,23,24,25). The summed E-state index contributed by atoms with van der Waals surface area (Å²) in [5.41, 5.74) is 0. The minimum atomic E-state index is 0.439. The molecular formula is C22H40N6S. The molecule has 0 spiro atoms. The predicted octanol–water partition coefficient (Wildman–Crippen LogP) is 2.32. The third-order valence-corrected chi connectivity index (χ3v) is 7.37. The topological polar surface area (TPSA) is 46.1 Å². The molecule has 2 unspecified atom stereocenters.